The molecule has 106 valence electrons. The summed E-state index contributed by atoms with van der Waals surface area (Å²) >= 11 is 5.73. The fourth-order valence-corrected chi connectivity index (χ4v) is 3.22. The Bertz CT molecular complexity index is 615. The van der Waals surface area contributed by atoms with Crippen LogP contribution in [-0.2, 0) is 14.8 Å². The van der Waals surface area contributed by atoms with Crippen molar-refractivity contribution in [2.24, 2.45) is 0 Å². The minimum Gasteiger partial charge on any atom is -0.480 e. The van der Waals surface area contributed by atoms with E-state index < -0.39 is 32.2 Å². The second kappa shape index (κ2) is 5.07. The molecule has 19 heavy (non-hydrogen) atoms. The van der Waals surface area contributed by atoms with E-state index in [1.807, 2.05) is 0 Å². The van der Waals surface area contributed by atoms with Gasteiger partial charge in [-0.15, -0.1) is 0 Å². The van der Waals surface area contributed by atoms with Crippen LogP contribution in [0.2, 0.25) is 5.02 Å². The lowest BCUT2D eigenvalue weighted by molar-refractivity contribution is -0.145. The molecule has 0 aliphatic carbocycles. The molecule has 1 N–H and O–H groups in total. The highest BCUT2D eigenvalue weighted by molar-refractivity contribution is 7.89. The normalized spacial score (nSPS) is 12.7. The molecule has 5 nitrogen and oxygen atoms in total. The Balaban J connectivity index is 3.40. The number of likely N-dealkylation sites (N-methyl/N-ethyl adjacent to an activating group) is 1. The van der Waals surface area contributed by atoms with Gasteiger partial charge in [0.05, 0.1) is 5.02 Å². The fourth-order valence-electron chi connectivity index (χ4n) is 1.26. The maximum absolute atomic E-state index is 13.1. The van der Waals surface area contributed by atoms with Gasteiger partial charge in [0.2, 0.25) is 10.0 Å². The van der Waals surface area contributed by atoms with Crippen LogP contribution in [0.3, 0.4) is 0 Å². The van der Waals surface area contributed by atoms with Crippen LogP contribution in [0.25, 0.3) is 0 Å². The lowest BCUT2D eigenvalue weighted by Crippen LogP contribution is -2.50. The molecule has 0 saturated carbocycles. The molecule has 0 amide bonds. The van der Waals surface area contributed by atoms with E-state index in [2.05, 4.69) is 0 Å². The Morgan fingerprint density at radius 3 is 2.42 bits per heavy atom. The molecule has 0 spiro atoms. The summed E-state index contributed by atoms with van der Waals surface area (Å²) in [6.45, 7) is 2.44. The second-order valence-electron chi connectivity index (χ2n) is 4.41. The maximum Gasteiger partial charge on any atom is 0.324 e. The summed E-state index contributed by atoms with van der Waals surface area (Å²) in [6, 6.07) is 2.88. The summed E-state index contributed by atoms with van der Waals surface area (Å²) in [6.07, 6.45) is 0. The van der Waals surface area contributed by atoms with Crippen LogP contribution in [0, 0.1) is 5.82 Å². The molecule has 0 aliphatic rings. The van der Waals surface area contributed by atoms with Gasteiger partial charge in [-0.3, -0.25) is 4.79 Å². The first kappa shape index (κ1) is 15.9. The molecule has 0 aliphatic heterocycles. The number of halogens is 2. The van der Waals surface area contributed by atoms with Gasteiger partial charge in [0.25, 0.3) is 0 Å². The monoisotopic (exact) mass is 309 g/mol. The van der Waals surface area contributed by atoms with Crippen molar-refractivity contribution >= 4 is 27.6 Å². The van der Waals surface area contributed by atoms with Crippen molar-refractivity contribution in [3.05, 3.63) is 29.0 Å². The summed E-state index contributed by atoms with van der Waals surface area (Å²) in [7, 11) is -3.11. The molecule has 1 aromatic rings. The Labute approximate surface area is 115 Å². The molecule has 0 saturated heterocycles. The van der Waals surface area contributed by atoms with Crippen LogP contribution in [0.4, 0.5) is 4.39 Å². The number of carboxylic acid groups (broad SMARTS) is 1. The minimum atomic E-state index is -4.21. The Hall–Kier alpha value is -1.18. The fraction of sp³-hybridized carbons (Fsp3) is 0.364. The average molecular weight is 310 g/mol. The van der Waals surface area contributed by atoms with Crippen LogP contribution < -0.4 is 0 Å². The van der Waals surface area contributed by atoms with Crippen LogP contribution in [0.1, 0.15) is 13.8 Å². The third-order valence-corrected chi connectivity index (χ3v) is 5.36. The molecule has 0 heterocycles. The first-order chi connectivity index (χ1) is 8.51. The van der Waals surface area contributed by atoms with Crippen LogP contribution >= 0.6 is 11.6 Å². The predicted molar refractivity (Wildman–Crippen MR) is 68.1 cm³/mol. The lowest BCUT2D eigenvalue weighted by atomic mass is 10.1. The molecule has 0 fully saturated rings. The summed E-state index contributed by atoms with van der Waals surface area (Å²) in [5.41, 5.74) is -1.69. The number of hydrogen-bond acceptors (Lipinski definition) is 3. The third kappa shape index (κ3) is 2.88. The number of sulfonamides is 1. The molecule has 0 bridgehead atoms. The molecular weight excluding hydrogens is 297 g/mol. The second-order valence-corrected chi connectivity index (χ2v) is 6.76. The highest BCUT2D eigenvalue weighted by atomic mass is 35.5. The van der Waals surface area contributed by atoms with Crippen molar-refractivity contribution in [1.82, 2.24) is 4.31 Å². The maximum atomic E-state index is 13.1. The van der Waals surface area contributed by atoms with E-state index in [1.54, 1.807) is 0 Å². The number of carbonyl (C=O) groups is 1. The molecule has 0 atom stereocenters. The zero-order chi connectivity index (χ0) is 15.0. The summed E-state index contributed by atoms with van der Waals surface area (Å²) in [4.78, 5) is 10.6. The number of hydrogen-bond donors (Lipinski definition) is 1. The Morgan fingerprint density at radius 1 is 1.42 bits per heavy atom. The standard InChI is InChI=1S/C11H13ClFNO4S/c1-11(2,10(15)16)14(3)19(17,18)9-6-7(13)4-5-8(9)12/h4-6H,1-3H3,(H,15,16). The highest BCUT2D eigenvalue weighted by Gasteiger charge is 2.40. The molecule has 1 aromatic carbocycles. The zero-order valence-corrected chi connectivity index (χ0v) is 12.1. The van der Waals surface area contributed by atoms with Gasteiger partial charge in [-0.25, -0.2) is 12.8 Å². The van der Waals surface area contributed by atoms with E-state index in [4.69, 9.17) is 16.7 Å². The topological polar surface area (TPSA) is 74.7 Å². The molecule has 8 heteroatoms. The van der Waals surface area contributed by atoms with E-state index in [0.717, 1.165) is 25.2 Å². The van der Waals surface area contributed by atoms with Gasteiger partial charge in [-0.2, -0.15) is 4.31 Å². The molecule has 0 radical (unpaired) electrons. The number of benzene rings is 1. The summed E-state index contributed by atoms with van der Waals surface area (Å²) in [5.74, 6) is -2.10. The van der Waals surface area contributed by atoms with Crippen LogP contribution in [-0.4, -0.2) is 36.4 Å². The zero-order valence-electron chi connectivity index (χ0n) is 10.5. The number of aliphatic carboxylic acids is 1. The van der Waals surface area contributed by atoms with E-state index in [1.165, 1.54) is 13.8 Å². The molecular formula is C11H13ClFNO4S. The van der Waals surface area contributed by atoms with E-state index in [-0.39, 0.29) is 5.02 Å². The quantitative estimate of drug-likeness (QED) is 0.922. The number of rotatable bonds is 4. The Morgan fingerprint density at radius 2 is 1.95 bits per heavy atom. The van der Waals surface area contributed by atoms with E-state index in [9.17, 15) is 17.6 Å². The van der Waals surface area contributed by atoms with E-state index in [0.29, 0.717) is 4.31 Å². The average Bonchev–Trinajstić information content (AvgIpc) is 2.30. The van der Waals surface area contributed by atoms with Gasteiger partial charge in [-0.1, -0.05) is 11.6 Å². The van der Waals surface area contributed by atoms with Crippen molar-refractivity contribution in [2.75, 3.05) is 7.05 Å². The van der Waals surface area contributed by atoms with Gasteiger partial charge in [0.1, 0.15) is 16.3 Å². The smallest absolute Gasteiger partial charge is 0.324 e. The number of carboxylic acids is 1. The van der Waals surface area contributed by atoms with Crippen molar-refractivity contribution in [1.29, 1.82) is 0 Å². The van der Waals surface area contributed by atoms with E-state index >= 15 is 0 Å². The highest BCUT2D eigenvalue weighted by Crippen LogP contribution is 2.28. The summed E-state index contributed by atoms with van der Waals surface area (Å²) < 4.78 is 38.3. The third-order valence-electron chi connectivity index (χ3n) is 2.84. The van der Waals surface area contributed by atoms with Gasteiger partial charge in [-0.05, 0) is 32.0 Å². The van der Waals surface area contributed by atoms with Crippen molar-refractivity contribution in [3.8, 4) is 0 Å². The first-order valence-corrected chi connectivity index (χ1v) is 7.00. The molecule has 0 unspecified atom stereocenters. The van der Waals surface area contributed by atoms with Gasteiger partial charge in [0, 0.05) is 7.05 Å². The lowest BCUT2D eigenvalue weighted by Gasteiger charge is -2.30. The molecule has 1 rings (SSSR count). The van der Waals surface area contributed by atoms with Crippen LogP contribution in [0.15, 0.2) is 23.1 Å². The van der Waals surface area contributed by atoms with Crippen molar-refractivity contribution < 1.29 is 22.7 Å². The van der Waals surface area contributed by atoms with Gasteiger partial charge < -0.3 is 5.11 Å². The van der Waals surface area contributed by atoms with Crippen molar-refractivity contribution in [2.45, 2.75) is 24.3 Å². The SMILES string of the molecule is CN(C(C)(C)C(=O)O)S(=O)(=O)c1cc(F)ccc1Cl. The summed E-state index contributed by atoms with van der Waals surface area (Å²) in [5, 5.41) is 8.86. The Kier molecular flexibility index (Phi) is 4.23. The van der Waals surface area contributed by atoms with Gasteiger partial charge in [0.15, 0.2) is 0 Å². The minimum absolute atomic E-state index is 0.172. The largest absolute Gasteiger partial charge is 0.480 e. The number of nitrogens with zero attached hydrogens (tertiary/aromatic N) is 1. The van der Waals surface area contributed by atoms with Crippen molar-refractivity contribution in [3.63, 3.8) is 0 Å². The predicted octanol–water partition coefficient (Wildman–Crippen LogP) is 1.96. The molecule has 0 aromatic heterocycles. The van der Waals surface area contributed by atoms with Crippen LogP contribution in [0.5, 0.6) is 0 Å². The first-order valence-electron chi connectivity index (χ1n) is 5.18. The van der Waals surface area contributed by atoms with Gasteiger partial charge >= 0.3 is 5.97 Å².